The summed E-state index contributed by atoms with van der Waals surface area (Å²) in [5, 5.41) is 5.55. The fourth-order valence-corrected chi connectivity index (χ4v) is 2.10. The second-order valence-electron chi connectivity index (χ2n) is 5.84. The Balaban J connectivity index is 2.74. The molecule has 2 unspecified atom stereocenters. The lowest BCUT2D eigenvalue weighted by molar-refractivity contribution is -0.126. The monoisotopic (exact) mass is 290 g/mol. The van der Waals surface area contributed by atoms with Crippen LogP contribution in [0.2, 0.25) is 0 Å². The summed E-state index contributed by atoms with van der Waals surface area (Å²) in [6.07, 6.45) is 1.09. The van der Waals surface area contributed by atoms with E-state index in [4.69, 9.17) is 0 Å². The summed E-state index contributed by atoms with van der Waals surface area (Å²) >= 11 is 0. The Hall–Kier alpha value is -1.84. The summed E-state index contributed by atoms with van der Waals surface area (Å²) < 4.78 is 0. The fourth-order valence-electron chi connectivity index (χ4n) is 2.10. The second-order valence-corrected chi connectivity index (χ2v) is 5.84. The van der Waals surface area contributed by atoms with E-state index in [9.17, 15) is 9.59 Å². The van der Waals surface area contributed by atoms with E-state index in [0.29, 0.717) is 5.92 Å². The van der Waals surface area contributed by atoms with Gasteiger partial charge in [-0.25, -0.2) is 0 Å². The van der Waals surface area contributed by atoms with E-state index in [1.54, 1.807) is 0 Å². The number of amides is 2. The van der Waals surface area contributed by atoms with Crippen LogP contribution in [0.3, 0.4) is 0 Å². The van der Waals surface area contributed by atoms with Crippen molar-refractivity contribution in [1.82, 2.24) is 5.32 Å². The Morgan fingerprint density at radius 1 is 1.10 bits per heavy atom. The maximum absolute atomic E-state index is 12.2. The van der Waals surface area contributed by atoms with E-state index in [1.165, 1.54) is 12.5 Å². The molecular weight excluding hydrogens is 264 g/mol. The van der Waals surface area contributed by atoms with Gasteiger partial charge in [0, 0.05) is 12.6 Å². The highest BCUT2D eigenvalue weighted by molar-refractivity contribution is 5.97. The van der Waals surface area contributed by atoms with Crippen LogP contribution in [-0.4, -0.2) is 17.9 Å². The van der Waals surface area contributed by atoms with E-state index in [1.807, 2.05) is 38.1 Å². The van der Waals surface area contributed by atoms with Crippen LogP contribution >= 0.6 is 0 Å². The van der Waals surface area contributed by atoms with Gasteiger partial charge in [0.25, 0.3) is 0 Å². The minimum absolute atomic E-state index is 0.0355. The van der Waals surface area contributed by atoms with Gasteiger partial charge in [-0.15, -0.1) is 0 Å². The lowest BCUT2D eigenvalue weighted by atomic mass is 9.98. The zero-order valence-corrected chi connectivity index (χ0v) is 13.6. The molecule has 0 aliphatic carbocycles. The fraction of sp³-hybridized carbons (Fsp3) is 0.529. The quantitative estimate of drug-likeness (QED) is 0.844. The molecule has 0 spiro atoms. The minimum atomic E-state index is -0.517. The molecule has 0 fully saturated rings. The second kappa shape index (κ2) is 7.81. The predicted octanol–water partition coefficient (Wildman–Crippen LogP) is 3.30. The summed E-state index contributed by atoms with van der Waals surface area (Å²) in [6.45, 7) is 9.57. The highest BCUT2D eigenvalue weighted by atomic mass is 16.2. The minimum Gasteiger partial charge on any atom is -0.344 e. The van der Waals surface area contributed by atoms with Crippen LogP contribution in [0, 0.1) is 5.92 Å². The zero-order chi connectivity index (χ0) is 16.0. The van der Waals surface area contributed by atoms with Gasteiger partial charge in [0.1, 0.15) is 6.04 Å². The van der Waals surface area contributed by atoms with Gasteiger partial charge in [0.2, 0.25) is 11.8 Å². The molecule has 0 saturated carbocycles. The van der Waals surface area contributed by atoms with Crippen molar-refractivity contribution in [2.45, 2.75) is 53.0 Å². The first-order valence-electron chi connectivity index (χ1n) is 7.53. The average molecular weight is 290 g/mol. The topological polar surface area (TPSA) is 58.2 Å². The van der Waals surface area contributed by atoms with Gasteiger partial charge in [-0.3, -0.25) is 9.59 Å². The van der Waals surface area contributed by atoms with Crippen molar-refractivity contribution in [3.8, 4) is 0 Å². The summed E-state index contributed by atoms with van der Waals surface area (Å²) in [5.74, 6) is 0.165. The number of benzene rings is 1. The molecule has 2 atom stereocenters. The molecule has 0 saturated heterocycles. The standard InChI is InChI=1S/C17H26N2O2/c1-6-12(4)14-7-9-15(10-8-14)19-17(21)16(11(2)3)18-13(5)20/h7-12,16H,6H2,1-5H3,(H,18,20)(H,19,21). The number of anilines is 1. The SMILES string of the molecule is CCC(C)c1ccc(NC(=O)C(NC(C)=O)C(C)C)cc1. The van der Waals surface area contributed by atoms with Crippen LogP contribution in [0.25, 0.3) is 0 Å². The third-order valence-corrected chi connectivity index (χ3v) is 3.67. The van der Waals surface area contributed by atoms with Crippen molar-refractivity contribution in [2.75, 3.05) is 5.32 Å². The number of rotatable bonds is 6. The first kappa shape index (κ1) is 17.2. The molecule has 2 N–H and O–H groups in total. The largest absolute Gasteiger partial charge is 0.344 e. The zero-order valence-electron chi connectivity index (χ0n) is 13.6. The van der Waals surface area contributed by atoms with E-state index >= 15 is 0 Å². The van der Waals surface area contributed by atoms with Gasteiger partial charge in [-0.2, -0.15) is 0 Å². The van der Waals surface area contributed by atoms with Crippen molar-refractivity contribution < 1.29 is 9.59 Å². The van der Waals surface area contributed by atoms with Gasteiger partial charge in [-0.05, 0) is 36.0 Å². The van der Waals surface area contributed by atoms with Crippen molar-refractivity contribution >= 4 is 17.5 Å². The van der Waals surface area contributed by atoms with Crippen LogP contribution in [0.5, 0.6) is 0 Å². The molecule has 1 rings (SSSR count). The number of carbonyl (C=O) groups excluding carboxylic acids is 2. The molecule has 0 aliphatic rings. The van der Waals surface area contributed by atoms with Crippen LogP contribution in [0.15, 0.2) is 24.3 Å². The lowest BCUT2D eigenvalue weighted by Gasteiger charge is -2.21. The highest BCUT2D eigenvalue weighted by Crippen LogP contribution is 2.20. The average Bonchev–Trinajstić information content (AvgIpc) is 2.44. The normalized spacial score (nSPS) is 13.6. The first-order chi connectivity index (χ1) is 9.85. The Kier molecular flexibility index (Phi) is 6.40. The van der Waals surface area contributed by atoms with E-state index in [0.717, 1.165) is 12.1 Å². The molecule has 0 aliphatic heterocycles. The number of hydrogen-bond acceptors (Lipinski definition) is 2. The highest BCUT2D eigenvalue weighted by Gasteiger charge is 2.22. The van der Waals surface area contributed by atoms with Crippen LogP contribution in [0.1, 0.15) is 52.5 Å². The Labute approximate surface area is 127 Å². The van der Waals surface area contributed by atoms with Crippen molar-refractivity contribution in [1.29, 1.82) is 0 Å². The summed E-state index contributed by atoms with van der Waals surface area (Å²) in [7, 11) is 0. The van der Waals surface area contributed by atoms with E-state index in [-0.39, 0.29) is 17.7 Å². The van der Waals surface area contributed by atoms with E-state index < -0.39 is 6.04 Å². The molecule has 0 aromatic heterocycles. The molecule has 116 valence electrons. The smallest absolute Gasteiger partial charge is 0.247 e. The molecule has 0 bridgehead atoms. The lowest BCUT2D eigenvalue weighted by Crippen LogP contribution is -2.46. The van der Waals surface area contributed by atoms with Gasteiger partial charge in [0.15, 0.2) is 0 Å². The predicted molar refractivity (Wildman–Crippen MR) is 86.2 cm³/mol. The van der Waals surface area contributed by atoms with Crippen molar-refractivity contribution in [3.05, 3.63) is 29.8 Å². The maximum Gasteiger partial charge on any atom is 0.247 e. The molecule has 1 aromatic carbocycles. The van der Waals surface area contributed by atoms with Gasteiger partial charge >= 0.3 is 0 Å². The molecule has 4 nitrogen and oxygen atoms in total. The van der Waals surface area contributed by atoms with Crippen LogP contribution < -0.4 is 10.6 Å². The summed E-state index contributed by atoms with van der Waals surface area (Å²) in [6, 6.07) is 7.37. The molecule has 21 heavy (non-hydrogen) atoms. The van der Waals surface area contributed by atoms with Crippen LogP contribution in [0.4, 0.5) is 5.69 Å². The molecule has 2 amide bonds. The summed E-state index contributed by atoms with van der Waals surface area (Å²) in [4.78, 5) is 23.4. The number of hydrogen-bond donors (Lipinski definition) is 2. The van der Waals surface area contributed by atoms with E-state index in [2.05, 4.69) is 24.5 Å². The number of nitrogens with one attached hydrogen (secondary N) is 2. The molecule has 4 heteroatoms. The molecule has 1 aromatic rings. The third kappa shape index (κ3) is 5.21. The third-order valence-electron chi connectivity index (χ3n) is 3.67. The van der Waals surface area contributed by atoms with Gasteiger partial charge in [0.05, 0.1) is 0 Å². The van der Waals surface area contributed by atoms with Crippen molar-refractivity contribution in [2.24, 2.45) is 5.92 Å². The van der Waals surface area contributed by atoms with Gasteiger partial charge < -0.3 is 10.6 Å². The molecule has 0 radical (unpaired) electrons. The Morgan fingerprint density at radius 3 is 2.10 bits per heavy atom. The number of carbonyl (C=O) groups is 2. The van der Waals surface area contributed by atoms with Gasteiger partial charge in [-0.1, -0.05) is 39.8 Å². The Bertz CT molecular complexity index is 480. The first-order valence-corrected chi connectivity index (χ1v) is 7.53. The molecular formula is C17H26N2O2. The van der Waals surface area contributed by atoms with Crippen molar-refractivity contribution in [3.63, 3.8) is 0 Å². The summed E-state index contributed by atoms with van der Waals surface area (Å²) in [5.41, 5.74) is 2.01. The molecule has 0 heterocycles. The van der Waals surface area contributed by atoms with Crippen LogP contribution in [-0.2, 0) is 9.59 Å². The maximum atomic E-state index is 12.2. The Morgan fingerprint density at radius 2 is 1.67 bits per heavy atom.